The summed E-state index contributed by atoms with van der Waals surface area (Å²) in [5.41, 5.74) is 7.41. The van der Waals surface area contributed by atoms with Gasteiger partial charge in [-0.15, -0.1) is 0 Å². The van der Waals surface area contributed by atoms with Crippen LogP contribution >= 0.6 is 0 Å². The van der Waals surface area contributed by atoms with Crippen LogP contribution in [0, 0.1) is 11.6 Å². The number of carbonyl (C=O) groups excluding carboxylic acids is 1. The Labute approximate surface area is 184 Å². The summed E-state index contributed by atoms with van der Waals surface area (Å²) in [6.07, 6.45) is 0.552. The molecule has 1 amide bonds. The first-order chi connectivity index (χ1) is 15.2. The molecule has 32 heavy (non-hydrogen) atoms. The molecule has 0 aliphatic heterocycles. The van der Waals surface area contributed by atoms with Crippen molar-refractivity contribution in [3.8, 4) is 17.0 Å². The maximum Gasteiger partial charge on any atom is 0.255 e. The number of hydrogen-bond donors (Lipinski definition) is 4. The van der Waals surface area contributed by atoms with Gasteiger partial charge in [0.1, 0.15) is 23.2 Å². The van der Waals surface area contributed by atoms with E-state index in [0.29, 0.717) is 23.4 Å². The molecule has 5 N–H and O–H groups in total. The SMILES string of the molecule is CCC(CO)NC(=O)c1ccc(-c2cc(N(C)c3ccc(F)cc3F)ccc2O)nc1N. The Kier molecular flexibility index (Phi) is 6.89. The summed E-state index contributed by atoms with van der Waals surface area (Å²) in [6.45, 7) is 1.63. The highest BCUT2D eigenvalue weighted by Crippen LogP contribution is 2.35. The van der Waals surface area contributed by atoms with Crippen molar-refractivity contribution in [1.82, 2.24) is 10.3 Å². The quantitative estimate of drug-likeness (QED) is 0.445. The second kappa shape index (κ2) is 9.61. The summed E-state index contributed by atoms with van der Waals surface area (Å²) in [5.74, 6) is -2.01. The average molecular weight is 442 g/mol. The van der Waals surface area contributed by atoms with Gasteiger partial charge in [-0.05, 0) is 48.9 Å². The number of amides is 1. The topological polar surface area (TPSA) is 112 Å². The zero-order valence-corrected chi connectivity index (χ0v) is 17.6. The molecule has 9 heteroatoms. The number of benzene rings is 2. The van der Waals surface area contributed by atoms with Gasteiger partial charge in [0.2, 0.25) is 0 Å². The number of aliphatic hydroxyl groups is 1. The van der Waals surface area contributed by atoms with Gasteiger partial charge in [-0.1, -0.05) is 6.92 Å². The molecule has 3 aromatic rings. The summed E-state index contributed by atoms with van der Waals surface area (Å²) in [7, 11) is 1.60. The Balaban J connectivity index is 1.93. The number of hydrogen-bond acceptors (Lipinski definition) is 6. The highest BCUT2D eigenvalue weighted by Gasteiger charge is 2.18. The molecular weight excluding hydrogens is 418 g/mol. The summed E-state index contributed by atoms with van der Waals surface area (Å²) in [4.78, 5) is 18.1. The lowest BCUT2D eigenvalue weighted by molar-refractivity contribution is 0.0915. The van der Waals surface area contributed by atoms with Gasteiger partial charge < -0.3 is 26.2 Å². The smallest absolute Gasteiger partial charge is 0.255 e. The molecule has 0 aliphatic carbocycles. The van der Waals surface area contributed by atoms with E-state index in [9.17, 15) is 23.8 Å². The van der Waals surface area contributed by atoms with Crippen molar-refractivity contribution in [3.63, 3.8) is 0 Å². The van der Waals surface area contributed by atoms with Gasteiger partial charge in [-0.3, -0.25) is 4.79 Å². The summed E-state index contributed by atoms with van der Waals surface area (Å²) in [6, 6.07) is 10.5. The van der Waals surface area contributed by atoms with Gasteiger partial charge >= 0.3 is 0 Å². The van der Waals surface area contributed by atoms with Crippen molar-refractivity contribution in [2.45, 2.75) is 19.4 Å². The zero-order chi connectivity index (χ0) is 23.4. The minimum Gasteiger partial charge on any atom is -0.507 e. The molecular formula is C23H24F2N4O3. The molecule has 0 saturated heterocycles. The minimum absolute atomic E-state index is 0.0458. The molecule has 1 atom stereocenters. The fourth-order valence-electron chi connectivity index (χ4n) is 3.19. The number of phenols is 1. The normalized spacial score (nSPS) is 11.8. The van der Waals surface area contributed by atoms with E-state index in [1.807, 2.05) is 6.92 Å². The van der Waals surface area contributed by atoms with E-state index >= 15 is 0 Å². The van der Waals surface area contributed by atoms with Crippen molar-refractivity contribution in [2.24, 2.45) is 0 Å². The number of halogens is 2. The fraction of sp³-hybridized carbons (Fsp3) is 0.217. The van der Waals surface area contributed by atoms with E-state index in [1.54, 1.807) is 19.2 Å². The van der Waals surface area contributed by atoms with E-state index in [0.717, 1.165) is 12.1 Å². The van der Waals surface area contributed by atoms with Crippen LogP contribution in [0.3, 0.4) is 0 Å². The van der Waals surface area contributed by atoms with Crippen molar-refractivity contribution >= 4 is 23.1 Å². The molecule has 1 unspecified atom stereocenters. The molecule has 0 spiro atoms. The monoisotopic (exact) mass is 442 g/mol. The summed E-state index contributed by atoms with van der Waals surface area (Å²) < 4.78 is 27.4. The first kappa shape index (κ1) is 23.0. The number of nitrogens with zero attached hydrogens (tertiary/aromatic N) is 2. The lowest BCUT2D eigenvalue weighted by Gasteiger charge is -2.21. The number of aliphatic hydroxyl groups excluding tert-OH is 1. The van der Waals surface area contributed by atoms with Gasteiger partial charge in [0, 0.05) is 24.4 Å². The number of nitrogens with two attached hydrogens (primary N) is 1. The number of phenolic OH excluding ortho intramolecular Hbond substituents is 1. The van der Waals surface area contributed by atoms with Gasteiger partial charge in [0.05, 0.1) is 29.6 Å². The first-order valence-electron chi connectivity index (χ1n) is 9.95. The molecule has 0 aliphatic rings. The van der Waals surface area contributed by atoms with Crippen LogP contribution in [0.2, 0.25) is 0 Å². The number of rotatable bonds is 7. The Morgan fingerprint density at radius 2 is 1.94 bits per heavy atom. The fourth-order valence-corrected chi connectivity index (χ4v) is 3.19. The Morgan fingerprint density at radius 1 is 1.19 bits per heavy atom. The molecule has 2 aromatic carbocycles. The van der Waals surface area contributed by atoms with Gasteiger partial charge in [-0.25, -0.2) is 13.8 Å². The van der Waals surface area contributed by atoms with E-state index in [-0.39, 0.29) is 29.4 Å². The molecule has 168 valence electrons. The first-order valence-corrected chi connectivity index (χ1v) is 9.95. The van der Waals surface area contributed by atoms with Crippen LogP contribution in [0.25, 0.3) is 11.3 Å². The predicted octanol–water partition coefficient (Wildman–Crippen LogP) is 3.58. The largest absolute Gasteiger partial charge is 0.507 e. The number of aromatic nitrogens is 1. The number of carbonyl (C=O) groups is 1. The van der Waals surface area contributed by atoms with Crippen molar-refractivity contribution in [1.29, 1.82) is 0 Å². The van der Waals surface area contributed by atoms with Crippen LogP contribution in [0.15, 0.2) is 48.5 Å². The second-order valence-corrected chi connectivity index (χ2v) is 7.25. The lowest BCUT2D eigenvalue weighted by atomic mass is 10.1. The van der Waals surface area contributed by atoms with Gasteiger partial charge in [-0.2, -0.15) is 0 Å². The zero-order valence-electron chi connectivity index (χ0n) is 17.6. The standard InChI is InChI=1S/C23H24F2N4O3/c1-3-14(12-30)27-23(32)16-6-7-19(28-22(16)26)17-11-15(5-9-21(17)31)29(2)20-8-4-13(24)10-18(20)25/h4-11,14,30-31H,3,12H2,1-2H3,(H2,26,28)(H,27,32). The molecule has 1 heterocycles. The third-order valence-corrected chi connectivity index (χ3v) is 5.13. The molecule has 0 bridgehead atoms. The van der Waals surface area contributed by atoms with Gasteiger partial charge in [0.25, 0.3) is 5.91 Å². The average Bonchev–Trinajstić information content (AvgIpc) is 2.77. The Morgan fingerprint density at radius 3 is 2.56 bits per heavy atom. The number of pyridine rings is 1. The minimum atomic E-state index is -0.729. The van der Waals surface area contributed by atoms with Crippen molar-refractivity contribution in [3.05, 3.63) is 65.7 Å². The highest BCUT2D eigenvalue weighted by molar-refractivity contribution is 5.99. The second-order valence-electron chi connectivity index (χ2n) is 7.25. The summed E-state index contributed by atoms with van der Waals surface area (Å²) in [5, 5.41) is 22.3. The Bertz CT molecular complexity index is 1140. The molecule has 0 radical (unpaired) electrons. The predicted molar refractivity (Wildman–Crippen MR) is 119 cm³/mol. The summed E-state index contributed by atoms with van der Waals surface area (Å²) >= 11 is 0. The number of nitrogen functional groups attached to an aromatic ring is 1. The van der Waals surface area contributed by atoms with Crippen molar-refractivity contribution < 1.29 is 23.8 Å². The highest BCUT2D eigenvalue weighted by atomic mass is 19.1. The molecule has 1 aromatic heterocycles. The number of nitrogens with one attached hydrogen (secondary N) is 1. The Hall–Kier alpha value is -3.72. The van der Waals surface area contributed by atoms with Crippen molar-refractivity contribution in [2.75, 3.05) is 24.3 Å². The third-order valence-electron chi connectivity index (χ3n) is 5.13. The van der Waals surface area contributed by atoms with E-state index in [1.165, 1.54) is 29.2 Å². The third kappa shape index (κ3) is 4.78. The molecule has 0 fully saturated rings. The lowest BCUT2D eigenvalue weighted by Crippen LogP contribution is -2.37. The van der Waals surface area contributed by atoms with Crippen LogP contribution in [-0.2, 0) is 0 Å². The van der Waals surface area contributed by atoms with Crippen LogP contribution in [0.5, 0.6) is 5.75 Å². The van der Waals surface area contributed by atoms with Crippen LogP contribution in [-0.4, -0.2) is 40.8 Å². The maximum absolute atomic E-state index is 14.2. The molecule has 7 nitrogen and oxygen atoms in total. The molecule has 0 saturated carbocycles. The van der Waals surface area contributed by atoms with E-state index < -0.39 is 23.6 Å². The van der Waals surface area contributed by atoms with Gasteiger partial charge in [0.15, 0.2) is 0 Å². The van der Waals surface area contributed by atoms with Crippen LogP contribution in [0.1, 0.15) is 23.7 Å². The maximum atomic E-state index is 14.2. The number of aromatic hydroxyl groups is 1. The number of anilines is 3. The van der Waals surface area contributed by atoms with Crippen LogP contribution < -0.4 is 16.0 Å². The van der Waals surface area contributed by atoms with Crippen LogP contribution in [0.4, 0.5) is 26.0 Å². The van der Waals surface area contributed by atoms with E-state index in [4.69, 9.17) is 5.73 Å². The molecule has 3 rings (SSSR count). The van der Waals surface area contributed by atoms with E-state index in [2.05, 4.69) is 10.3 Å².